The third-order valence-electron chi connectivity index (χ3n) is 3.95. The Morgan fingerprint density at radius 3 is 2.13 bits per heavy atom. The highest BCUT2D eigenvalue weighted by molar-refractivity contribution is 5.38. The molecule has 1 aromatic rings. The number of methoxy groups -OCH3 is 1. The van der Waals surface area contributed by atoms with E-state index in [1.165, 1.54) is 16.7 Å². The summed E-state index contributed by atoms with van der Waals surface area (Å²) in [6, 6.07) is 6.76. The van der Waals surface area contributed by atoms with Gasteiger partial charge in [0.05, 0.1) is 19.8 Å². The molecule has 3 nitrogen and oxygen atoms in total. The zero-order valence-electron chi connectivity index (χ0n) is 16.2. The van der Waals surface area contributed by atoms with Crippen LogP contribution in [0.4, 0.5) is 0 Å². The van der Waals surface area contributed by atoms with Gasteiger partial charge >= 0.3 is 0 Å². The molecule has 0 bridgehead atoms. The van der Waals surface area contributed by atoms with Crippen molar-refractivity contribution in [2.45, 2.75) is 72.2 Å². The maximum absolute atomic E-state index is 5.80. The fourth-order valence-corrected chi connectivity index (χ4v) is 2.39. The van der Waals surface area contributed by atoms with Crippen LogP contribution in [0.1, 0.15) is 65.2 Å². The molecule has 0 aliphatic heterocycles. The molecule has 23 heavy (non-hydrogen) atoms. The third kappa shape index (κ3) is 6.62. The average Bonchev–Trinajstić information content (AvgIpc) is 2.44. The van der Waals surface area contributed by atoms with Gasteiger partial charge in [0, 0.05) is 7.11 Å². The second-order valence-corrected chi connectivity index (χ2v) is 8.10. The fraction of sp³-hybridized carbons (Fsp3) is 0.700. The van der Waals surface area contributed by atoms with Gasteiger partial charge in [0.1, 0.15) is 0 Å². The maximum Gasteiger partial charge on any atom is 0.154 e. The first-order chi connectivity index (χ1) is 10.6. The molecule has 132 valence electrons. The van der Waals surface area contributed by atoms with Crippen molar-refractivity contribution in [2.75, 3.05) is 20.3 Å². The molecular formula is C20H34O3. The molecule has 0 saturated heterocycles. The van der Waals surface area contributed by atoms with Gasteiger partial charge in [-0.05, 0) is 34.4 Å². The number of hydrogen-bond donors (Lipinski definition) is 0. The summed E-state index contributed by atoms with van der Waals surface area (Å²) in [6.45, 7) is 17.1. The molecule has 0 spiro atoms. The molecule has 0 aliphatic carbocycles. The average molecular weight is 322 g/mol. The SMILES string of the molecule is COC(C)OCCOCc1ccc(C(C)(C)C)cc1C(C)(C)C. The molecule has 3 heteroatoms. The molecule has 1 rings (SSSR count). The highest BCUT2D eigenvalue weighted by Gasteiger charge is 2.22. The van der Waals surface area contributed by atoms with Crippen molar-refractivity contribution in [1.29, 1.82) is 0 Å². The summed E-state index contributed by atoms with van der Waals surface area (Å²) < 4.78 is 16.3. The molecule has 1 aromatic carbocycles. The number of ether oxygens (including phenoxy) is 3. The molecule has 0 aliphatic rings. The van der Waals surface area contributed by atoms with Gasteiger partial charge in [-0.3, -0.25) is 0 Å². The zero-order chi connectivity index (χ0) is 17.7. The van der Waals surface area contributed by atoms with Gasteiger partial charge in [-0.15, -0.1) is 0 Å². The molecule has 0 aromatic heterocycles. The van der Waals surface area contributed by atoms with Crippen molar-refractivity contribution in [3.63, 3.8) is 0 Å². The molecule has 0 radical (unpaired) electrons. The minimum Gasteiger partial charge on any atom is -0.374 e. The van der Waals surface area contributed by atoms with E-state index in [1.54, 1.807) is 7.11 Å². The fourth-order valence-electron chi connectivity index (χ4n) is 2.39. The minimum absolute atomic E-state index is 0.0982. The Kier molecular flexibility index (Phi) is 7.25. The highest BCUT2D eigenvalue weighted by Crippen LogP contribution is 2.31. The molecule has 0 fully saturated rings. The Bertz CT molecular complexity index is 481. The number of hydrogen-bond acceptors (Lipinski definition) is 3. The van der Waals surface area contributed by atoms with Crippen LogP contribution in [-0.2, 0) is 31.6 Å². The summed E-state index contributed by atoms with van der Waals surface area (Å²) in [5, 5.41) is 0. The predicted octanol–water partition coefficient (Wildman–Crippen LogP) is 4.81. The van der Waals surface area contributed by atoms with Crippen molar-refractivity contribution in [3.05, 3.63) is 34.9 Å². The lowest BCUT2D eigenvalue weighted by atomic mass is 9.78. The lowest BCUT2D eigenvalue weighted by molar-refractivity contribution is -0.122. The van der Waals surface area contributed by atoms with Gasteiger partial charge in [0.25, 0.3) is 0 Å². The van der Waals surface area contributed by atoms with E-state index in [0.29, 0.717) is 19.8 Å². The van der Waals surface area contributed by atoms with Gasteiger partial charge in [-0.1, -0.05) is 59.7 Å². The van der Waals surface area contributed by atoms with Crippen LogP contribution in [0.15, 0.2) is 18.2 Å². The monoisotopic (exact) mass is 322 g/mol. The van der Waals surface area contributed by atoms with E-state index in [1.807, 2.05) is 6.92 Å². The number of benzene rings is 1. The normalized spacial score (nSPS) is 14.1. The number of rotatable bonds is 7. The van der Waals surface area contributed by atoms with Gasteiger partial charge < -0.3 is 14.2 Å². The van der Waals surface area contributed by atoms with Crippen LogP contribution in [0.2, 0.25) is 0 Å². The van der Waals surface area contributed by atoms with E-state index in [-0.39, 0.29) is 17.1 Å². The minimum atomic E-state index is -0.185. The first kappa shape index (κ1) is 20.1. The summed E-state index contributed by atoms with van der Waals surface area (Å²) in [7, 11) is 1.64. The van der Waals surface area contributed by atoms with E-state index in [4.69, 9.17) is 14.2 Å². The summed E-state index contributed by atoms with van der Waals surface area (Å²) in [5.74, 6) is 0. The largest absolute Gasteiger partial charge is 0.374 e. The van der Waals surface area contributed by atoms with Crippen LogP contribution >= 0.6 is 0 Å². The van der Waals surface area contributed by atoms with Crippen LogP contribution in [0.3, 0.4) is 0 Å². The summed E-state index contributed by atoms with van der Waals surface area (Å²) in [6.07, 6.45) is -0.185. The lowest BCUT2D eigenvalue weighted by Gasteiger charge is -2.27. The van der Waals surface area contributed by atoms with E-state index >= 15 is 0 Å². The Morgan fingerprint density at radius 1 is 0.957 bits per heavy atom. The Labute approximate surface area is 142 Å². The molecule has 0 N–H and O–H groups in total. The van der Waals surface area contributed by atoms with Crippen LogP contribution in [0.25, 0.3) is 0 Å². The molecule has 1 atom stereocenters. The van der Waals surface area contributed by atoms with E-state index in [2.05, 4.69) is 59.7 Å². The van der Waals surface area contributed by atoms with Crippen LogP contribution in [0, 0.1) is 0 Å². The van der Waals surface area contributed by atoms with Crippen molar-refractivity contribution in [1.82, 2.24) is 0 Å². The van der Waals surface area contributed by atoms with Gasteiger partial charge in [0.15, 0.2) is 6.29 Å². The molecule has 1 unspecified atom stereocenters. The van der Waals surface area contributed by atoms with Crippen molar-refractivity contribution in [2.24, 2.45) is 0 Å². The van der Waals surface area contributed by atoms with Crippen molar-refractivity contribution in [3.8, 4) is 0 Å². The molecule has 0 heterocycles. The van der Waals surface area contributed by atoms with Crippen molar-refractivity contribution < 1.29 is 14.2 Å². The highest BCUT2D eigenvalue weighted by atomic mass is 16.7. The van der Waals surface area contributed by atoms with E-state index in [0.717, 1.165) is 0 Å². The third-order valence-corrected chi connectivity index (χ3v) is 3.95. The Morgan fingerprint density at radius 2 is 1.61 bits per heavy atom. The Hall–Kier alpha value is -0.900. The van der Waals surface area contributed by atoms with Crippen LogP contribution in [0.5, 0.6) is 0 Å². The Balaban J connectivity index is 2.75. The van der Waals surface area contributed by atoms with Crippen molar-refractivity contribution >= 4 is 0 Å². The van der Waals surface area contributed by atoms with E-state index < -0.39 is 0 Å². The summed E-state index contributed by atoms with van der Waals surface area (Å²) in [5.41, 5.74) is 4.23. The lowest BCUT2D eigenvalue weighted by Crippen LogP contribution is -2.19. The molecule has 0 amide bonds. The molecule has 0 saturated carbocycles. The quantitative estimate of drug-likeness (QED) is 0.533. The second kappa shape index (κ2) is 8.27. The second-order valence-electron chi connectivity index (χ2n) is 8.10. The topological polar surface area (TPSA) is 27.7 Å². The van der Waals surface area contributed by atoms with Gasteiger partial charge in [-0.25, -0.2) is 0 Å². The van der Waals surface area contributed by atoms with Crippen LogP contribution in [-0.4, -0.2) is 26.6 Å². The smallest absolute Gasteiger partial charge is 0.154 e. The summed E-state index contributed by atoms with van der Waals surface area (Å²) >= 11 is 0. The zero-order valence-corrected chi connectivity index (χ0v) is 16.2. The predicted molar refractivity (Wildman–Crippen MR) is 95.9 cm³/mol. The van der Waals surface area contributed by atoms with E-state index in [9.17, 15) is 0 Å². The standard InChI is InChI=1S/C20H34O3/c1-15(21-8)23-12-11-22-14-16-9-10-17(19(2,3)4)13-18(16)20(5,6)7/h9-10,13,15H,11-12,14H2,1-8H3. The van der Waals surface area contributed by atoms with Crippen LogP contribution < -0.4 is 0 Å². The maximum atomic E-state index is 5.80. The van der Waals surface area contributed by atoms with Gasteiger partial charge in [0.2, 0.25) is 0 Å². The molecular weight excluding hydrogens is 288 g/mol. The summed E-state index contributed by atoms with van der Waals surface area (Å²) in [4.78, 5) is 0. The first-order valence-electron chi connectivity index (χ1n) is 8.41. The van der Waals surface area contributed by atoms with Gasteiger partial charge in [-0.2, -0.15) is 0 Å². The first-order valence-corrected chi connectivity index (χ1v) is 8.41.